The quantitative estimate of drug-likeness (QED) is 0.0866. The minimum Gasteiger partial charge on any atom is -0.508 e. The second-order valence-corrected chi connectivity index (χ2v) is 25.7. The van der Waals surface area contributed by atoms with E-state index in [1.165, 1.54) is 30.5 Å². The van der Waals surface area contributed by atoms with Crippen LogP contribution in [0.4, 0.5) is 25.2 Å². The first-order chi connectivity index (χ1) is 41.8. The molecule has 0 saturated carbocycles. The van der Waals surface area contributed by atoms with Crippen molar-refractivity contribution in [3.8, 4) is 46.6 Å². The maximum absolute atomic E-state index is 17.3. The summed E-state index contributed by atoms with van der Waals surface area (Å²) in [5.74, 6) is 2.51. The Kier molecular flexibility index (Phi) is 16.3. The molecule has 7 aromatic rings. The lowest BCUT2D eigenvalue weighted by Gasteiger charge is -2.42. The molecule has 3 amide bonds. The van der Waals surface area contributed by atoms with Gasteiger partial charge in [-0.15, -0.1) is 6.42 Å². The van der Waals surface area contributed by atoms with E-state index in [1.807, 2.05) is 99.5 Å². The van der Waals surface area contributed by atoms with Crippen LogP contribution in [0.1, 0.15) is 115 Å². The molecule has 5 aliphatic rings. The van der Waals surface area contributed by atoms with Crippen molar-refractivity contribution in [2.24, 2.45) is 24.8 Å². The predicted octanol–water partition coefficient (Wildman–Crippen LogP) is 10.0. The number of anilines is 2. The minimum atomic E-state index is -0.814. The van der Waals surface area contributed by atoms with Crippen LogP contribution in [-0.2, 0) is 21.4 Å². The predicted molar refractivity (Wildman–Crippen MR) is 326 cm³/mol. The number of piperidine rings is 1. The van der Waals surface area contributed by atoms with Crippen molar-refractivity contribution in [1.29, 1.82) is 0 Å². The highest BCUT2D eigenvalue weighted by molar-refractivity contribution is 6.03. The van der Waals surface area contributed by atoms with Crippen LogP contribution < -0.4 is 19.9 Å². The van der Waals surface area contributed by atoms with E-state index in [1.54, 1.807) is 11.1 Å². The number of carbonyl (C=O) groups is 3. The van der Waals surface area contributed by atoms with Gasteiger partial charge in [0.05, 0.1) is 34.8 Å². The number of nitrogens with zero attached hydrogens (tertiary/aromatic N) is 11. The van der Waals surface area contributed by atoms with Gasteiger partial charge in [-0.25, -0.2) is 13.6 Å². The molecule has 21 heteroatoms. The molecule has 456 valence electrons. The number of benzene rings is 3. The second kappa shape index (κ2) is 24.1. The summed E-state index contributed by atoms with van der Waals surface area (Å²) in [5.41, 5.74) is 2.14. The third-order valence-corrected chi connectivity index (χ3v) is 18.3. The molecule has 0 aliphatic carbocycles. The molecule has 12 rings (SSSR count). The van der Waals surface area contributed by atoms with Crippen LogP contribution >= 0.6 is 0 Å². The van der Waals surface area contributed by atoms with Crippen molar-refractivity contribution in [3.05, 3.63) is 102 Å². The molecule has 0 spiro atoms. The van der Waals surface area contributed by atoms with Gasteiger partial charge in [-0.1, -0.05) is 55.3 Å². The Bertz CT molecular complexity index is 3750. The summed E-state index contributed by atoms with van der Waals surface area (Å²) in [5, 5.41) is 23.7. The number of carbonyl (C=O) groups excluding carboxylic acids is 3. The van der Waals surface area contributed by atoms with Crippen LogP contribution in [-0.4, -0.2) is 150 Å². The number of pyridine rings is 1. The molecule has 19 nitrogen and oxygen atoms in total. The van der Waals surface area contributed by atoms with E-state index in [4.69, 9.17) is 25.4 Å². The van der Waals surface area contributed by atoms with Crippen molar-refractivity contribution < 1.29 is 42.3 Å². The normalized spacial score (nSPS) is 20.1. The van der Waals surface area contributed by atoms with Gasteiger partial charge in [0.25, 0.3) is 0 Å². The number of hydrogen-bond donors (Lipinski definition) is 2. The lowest BCUT2D eigenvalue weighted by molar-refractivity contribution is -0.141. The first kappa shape index (κ1) is 59.0. The molecule has 3 aromatic carbocycles. The van der Waals surface area contributed by atoms with Gasteiger partial charge in [-0.05, 0) is 144 Å². The number of aryl methyl sites for hydroxylation is 1. The van der Waals surface area contributed by atoms with Crippen LogP contribution in [0.2, 0.25) is 0 Å². The van der Waals surface area contributed by atoms with Gasteiger partial charge >= 0.3 is 12.1 Å². The van der Waals surface area contributed by atoms with Crippen LogP contribution in [0.5, 0.6) is 11.8 Å². The maximum Gasteiger partial charge on any atom is 0.410 e. The molecule has 5 saturated heterocycles. The summed E-state index contributed by atoms with van der Waals surface area (Å²) in [6, 6.07) is 16.2. The first-order valence-corrected chi connectivity index (χ1v) is 30.6. The molecule has 5 unspecified atom stereocenters. The van der Waals surface area contributed by atoms with Crippen molar-refractivity contribution >= 4 is 51.2 Å². The molecule has 5 atom stereocenters. The highest BCUT2D eigenvalue weighted by Gasteiger charge is 2.46. The van der Waals surface area contributed by atoms with Gasteiger partial charge < -0.3 is 39.1 Å². The Morgan fingerprint density at radius 3 is 2.33 bits per heavy atom. The number of phenols is 1. The van der Waals surface area contributed by atoms with E-state index in [0.29, 0.717) is 66.8 Å². The first-order valence-electron chi connectivity index (χ1n) is 30.6. The van der Waals surface area contributed by atoms with Crippen molar-refractivity contribution in [2.45, 2.75) is 122 Å². The summed E-state index contributed by atoms with van der Waals surface area (Å²) < 4.78 is 52.4. The topological polar surface area (TPSA) is 201 Å². The van der Waals surface area contributed by atoms with Gasteiger partial charge in [0, 0.05) is 75.7 Å². The van der Waals surface area contributed by atoms with Gasteiger partial charge in [0.2, 0.25) is 11.8 Å². The molecule has 0 radical (unpaired) electrons. The van der Waals surface area contributed by atoms with Gasteiger partial charge in [-0.3, -0.25) is 29.1 Å². The van der Waals surface area contributed by atoms with Gasteiger partial charge in [0.15, 0.2) is 17.4 Å². The Balaban J connectivity index is 0.658. The summed E-state index contributed by atoms with van der Waals surface area (Å²) in [4.78, 5) is 66.0. The number of piperazine rings is 1. The van der Waals surface area contributed by atoms with Crippen LogP contribution in [0.15, 0.2) is 77.6 Å². The average Bonchev–Trinajstić information content (AvgIpc) is 1.88. The number of halogens is 2. The van der Waals surface area contributed by atoms with Crippen molar-refractivity contribution in [2.75, 3.05) is 68.8 Å². The molecular weight excluding hydrogens is 1110 g/mol. The standard InChI is InChI=1S/C66H76F2N12O7/c1-9-48-51(67)19-16-44-30-47(81)31-49(57(44)48)59-58(68)60-50(33-69-59)61(78-36-45-17-18-46(37-78)80(45)65(84)86-66(5,6)7)73-64(72-60)85-28-27-76-25-21-40(22-26-76)29-41-34-77(35-41)55-32-54(87-74-55)56(38(2)3)63(83)79-24-10-11-53(79)62(82)71-39(4)42-12-14-43(15-13-42)52-20-23-70-75(52)8/h1,12-16,19-20,23,30-33,38-41,45-46,53,56,81H,10-11,17-18,21-22,24-29,34-37H2,2-8H3,(H,71,82). The van der Waals surface area contributed by atoms with Crippen molar-refractivity contribution in [3.63, 3.8) is 0 Å². The maximum atomic E-state index is 17.3. The van der Waals surface area contributed by atoms with E-state index in [9.17, 15) is 19.5 Å². The summed E-state index contributed by atoms with van der Waals surface area (Å²) in [6.45, 7) is 17.2. The number of hydrogen-bond acceptors (Lipinski definition) is 15. The fraction of sp³-hybridized carbons (Fsp3) is 0.485. The zero-order valence-corrected chi connectivity index (χ0v) is 50.5. The van der Waals surface area contributed by atoms with E-state index in [-0.39, 0.29) is 88.0 Å². The molecular formula is C66H76F2N12O7. The Morgan fingerprint density at radius 1 is 0.897 bits per heavy atom. The highest BCUT2D eigenvalue weighted by atomic mass is 19.1. The number of fused-ring (bicyclic) bond motifs is 4. The fourth-order valence-corrected chi connectivity index (χ4v) is 13.8. The number of phenolic OH excluding ortho intramolecular Hbond substituents is 1. The lowest BCUT2D eigenvalue weighted by atomic mass is 9.83. The highest BCUT2D eigenvalue weighted by Crippen LogP contribution is 2.42. The number of likely N-dealkylation sites (tertiary alicyclic amines) is 2. The summed E-state index contributed by atoms with van der Waals surface area (Å²) in [7, 11) is 1.91. The number of aromatic nitrogens is 6. The smallest absolute Gasteiger partial charge is 0.410 e. The van der Waals surface area contributed by atoms with E-state index < -0.39 is 29.2 Å². The number of ether oxygens (including phenoxy) is 2. The van der Waals surface area contributed by atoms with Gasteiger partial charge in [-0.2, -0.15) is 15.1 Å². The van der Waals surface area contributed by atoms with E-state index in [0.717, 1.165) is 87.3 Å². The minimum absolute atomic E-state index is 0.0206. The molecule has 9 heterocycles. The molecule has 2 N–H and O–H groups in total. The zero-order chi connectivity index (χ0) is 61.0. The Morgan fingerprint density at radius 2 is 1.64 bits per heavy atom. The average molecular weight is 1190 g/mol. The fourth-order valence-electron chi connectivity index (χ4n) is 13.8. The second-order valence-electron chi connectivity index (χ2n) is 25.7. The third-order valence-electron chi connectivity index (χ3n) is 18.3. The molecule has 5 aliphatic heterocycles. The molecule has 2 bridgehead atoms. The van der Waals surface area contributed by atoms with Crippen LogP contribution in [0.25, 0.3) is 44.2 Å². The SMILES string of the molecule is C#Cc1c(F)ccc2cc(O)cc(-c3ncc4c(N5CC6CCC(C5)N6C(=O)OC(C)(C)C)nc(OCCN5CCC(CC6CN(c7cc(C(C(=O)N8CCCC8C(=O)NC(C)c8ccc(-c9ccnn9C)cc8)C(C)C)on7)C6)CC5)nc4c3F)c12. The number of rotatable bonds is 16. The Labute approximate surface area is 505 Å². The largest absolute Gasteiger partial charge is 0.508 e. The molecule has 4 aromatic heterocycles. The number of terminal acetylenes is 1. The Hall–Kier alpha value is -8.38. The summed E-state index contributed by atoms with van der Waals surface area (Å²) in [6.07, 6.45) is 14.7. The van der Waals surface area contributed by atoms with Crippen molar-refractivity contribution in [1.82, 2.24) is 49.9 Å². The molecule has 87 heavy (non-hydrogen) atoms. The number of aromatic hydroxyl groups is 1. The third kappa shape index (κ3) is 12.0. The monoisotopic (exact) mass is 1190 g/mol. The van der Waals surface area contributed by atoms with E-state index >= 15 is 8.78 Å². The molecule has 5 fully saturated rings. The lowest BCUT2D eigenvalue weighted by Crippen LogP contribution is -2.57. The van der Waals surface area contributed by atoms with E-state index in [2.05, 4.69) is 41.3 Å². The number of nitrogens with one attached hydrogen (secondary N) is 1. The summed E-state index contributed by atoms with van der Waals surface area (Å²) >= 11 is 0. The zero-order valence-electron chi connectivity index (χ0n) is 50.5. The number of amides is 3. The van der Waals surface area contributed by atoms with Gasteiger partial charge in [0.1, 0.15) is 52.8 Å². The van der Waals surface area contributed by atoms with Crippen LogP contribution in [0, 0.1) is 41.7 Å². The van der Waals surface area contributed by atoms with Crippen LogP contribution in [0.3, 0.4) is 0 Å².